The Labute approximate surface area is 157 Å². The minimum Gasteiger partial charge on any atom is -0.341 e. The summed E-state index contributed by atoms with van der Waals surface area (Å²) in [5.74, 6) is -0.171. The number of fused-ring (bicyclic) bond motifs is 1. The highest BCUT2D eigenvalue weighted by Gasteiger charge is 2.20. The maximum atomic E-state index is 13.3. The molecule has 5 nitrogen and oxygen atoms in total. The van der Waals surface area contributed by atoms with Crippen LogP contribution in [0.15, 0.2) is 36.5 Å². The molecule has 0 spiro atoms. The molecule has 4 rings (SSSR count). The van der Waals surface area contributed by atoms with Crippen molar-refractivity contribution >= 4 is 16.9 Å². The molecule has 0 unspecified atom stereocenters. The van der Waals surface area contributed by atoms with Crippen LogP contribution in [0.3, 0.4) is 0 Å². The van der Waals surface area contributed by atoms with Crippen molar-refractivity contribution in [2.45, 2.75) is 39.2 Å². The lowest BCUT2D eigenvalue weighted by atomic mass is 10.0. The van der Waals surface area contributed by atoms with Crippen LogP contribution in [-0.4, -0.2) is 38.7 Å². The predicted molar refractivity (Wildman–Crippen MR) is 103 cm³/mol. The van der Waals surface area contributed by atoms with Gasteiger partial charge in [-0.25, -0.2) is 14.1 Å². The summed E-state index contributed by atoms with van der Waals surface area (Å²) in [6.07, 6.45) is 6.23. The van der Waals surface area contributed by atoms with E-state index < -0.39 is 0 Å². The Morgan fingerprint density at radius 3 is 2.48 bits per heavy atom. The van der Waals surface area contributed by atoms with Crippen LogP contribution in [0, 0.1) is 12.7 Å². The Balaban J connectivity index is 1.68. The van der Waals surface area contributed by atoms with Crippen molar-refractivity contribution in [2.75, 3.05) is 13.1 Å². The Morgan fingerprint density at radius 1 is 1.07 bits per heavy atom. The van der Waals surface area contributed by atoms with E-state index in [-0.39, 0.29) is 18.3 Å². The smallest absolute Gasteiger partial charge is 0.244 e. The number of amides is 1. The van der Waals surface area contributed by atoms with Gasteiger partial charge in [0, 0.05) is 24.7 Å². The number of pyridine rings is 1. The molecule has 3 aromatic rings. The highest BCUT2D eigenvalue weighted by molar-refractivity contribution is 5.95. The van der Waals surface area contributed by atoms with Gasteiger partial charge in [-0.3, -0.25) is 4.79 Å². The average molecular weight is 366 g/mol. The predicted octanol–water partition coefficient (Wildman–Crippen LogP) is 3.95. The first-order valence-electron chi connectivity index (χ1n) is 9.49. The van der Waals surface area contributed by atoms with Crippen LogP contribution >= 0.6 is 0 Å². The molecule has 27 heavy (non-hydrogen) atoms. The number of aryl methyl sites for hydroxylation is 1. The average Bonchev–Trinajstić information content (AvgIpc) is 2.86. The molecule has 1 fully saturated rings. The summed E-state index contributed by atoms with van der Waals surface area (Å²) in [4.78, 5) is 19.2. The van der Waals surface area contributed by atoms with Gasteiger partial charge in [0.2, 0.25) is 5.91 Å². The van der Waals surface area contributed by atoms with Crippen molar-refractivity contribution in [3.8, 4) is 11.1 Å². The van der Waals surface area contributed by atoms with Crippen molar-refractivity contribution in [1.29, 1.82) is 0 Å². The van der Waals surface area contributed by atoms with Crippen LogP contribution in [0.25, 0.3) is 22.2 Å². The number of benzene rings is 1. The molecule has 0 atom stereocenters. The van der Waals surface area contributed by atoms with Gasteiger partial charge in [-0.05, 0) is 49.1 Å². The third-order valence-electron chi connectivity index (χ3n) is 5.21. The fourth-order valence-corrected chi connectivity index (χ4v) is 3.81. The lowest BCUT2D eigenvalue weighted by Gasteiger charge is -2.20. The maximum Gasteiger partial charge on any atom is 0.244 e. The molecule has 1 aliphatic heterocycles. The van der Waals surface area contributed by atoms with Gasteiger partial charge in [0.05, 0.1) is 5.69 Å². The van der Waals surface area contributed by atoms with Crippen LogP contribution in [0.4, 0.5) is 4.39 Å². The lowest BCUT2D eigenvalue weighted by molar-refractivity contribution is -0.131. The number of halogens is 1. The zero-order valence-corrected chi connectivity index (χ0v) is 15.5. The van der Waals surface area contributed by atoms with E-state index in [0.717, 1.165) is 48.1 Å². The minimum atomic E-state index is -0.264. The molecule has 1 aliphatic rings. The number of hydrogen-bond donors (Lipinski definition) is 0. The third-order valence-corrected chi connectivity index (χ3v) is 5.21. The van der Waals surface area contributed by atoms with Crippen molar-refractivity contribution < 1.29 is 9.18 Å². The van der Waals surface area contributed by atoms with E-state index in [1.165, 1.54) is 25.0 Å². The number of aromatic nitrogens is 3. The van der Waals surface area contributed by atoms with Crippen LogP contribution in [0.2, 0.25) is 0 Å². The molecule has 0 bridgehead atoms. The molecule has 0 N–H and O–H groups in total. The van der Waals surface area contributed by atoms with Crippen LogP contribution in [-0.2, 0) is 11.3 Å². The van der Waals surface area contributed by atoms with Crippen molar-refractivity contribution in [3.63, 3.8) is 0 Å². The van der Waals surface area contributed by atoms with Gasteiger partial charge in [-0.2, -0.15) is 5.10 Å². The second-order valence-corrected chi connectivity index (χ2v) is 7.10. The Kier molecular flexibility index (Phi) is 4.88. The highest BCUT2D eigenvalue weighted by atomic mass is 19.1. The number of likely N-dealkylation sites (tertiary alicyclic amines) is 1. The van der Waals surface area contributed by atoms with Crippen LogP contribution in [0.1, 0.15) is 31.4 Å². The van der Waals surface area contributed by atoms with E-state index in [1.807, 2.05) is 17.9 Å². The first-order chi connectivity index (χ1) is 13.1. The fourth-order valence-electron chi connectivity index (χ4n) is 3.81. The van der Waals surface area contributed by atoms with E-state index in [1.54, 1.807) is 23.0 Å². The van der Waals surface area contributed by atoms with Gasteiger partial charge in [0.15, 0.2) is 5.65 Å². The molecule has 6 heteroatoms. The summed E-state index contributed by atoms with van der Waals surface area (Å²) in [6.45, 7) is 3.77. The summed E-state index contributed by atoms with van der Waals surface area (Å²) < 4.78 is 15.0. The maximum absolute atomic E-state index is 13.3. The lowest BCUT2D eigenvalue weighted by Crippen LogP contribution is -2.34. The number of nitrogens with zero attached hydrogens (tertiary/aromatic N) is 4. The molecular weight excluding hydrogens is 343 g/mol. The van der Waals surface area contributed by atoms with Gasteiger partial charge in [0.25, 0.3) is 0 Å². The SMILES string of the molecule is Cc1nn(CC(=O)N2CCCCCC2)c2nccc(-c3ccc(F)cc3)c12. The molecule has 0 saturated carbocycles. The zero-order valence-electron chi connectivity index (χ0n) is 15.5. The van der Waals surface area contributed by atoms with Crippen LogP contribution in [0.5, 0.6) is 0 Å². The second-order valence-electron chi connectivity index (χ2n) is 7.10. The molecule has 1 amide bonds. The minimum absolute atomic E-state index is 0.0929. The topological polar surface area (TPSA) is 51.0 Å². The van der Waals surface area contributed by atoms with Crippen LogP contribution < -0.4 is 0 Å². The molecule has 0 radical (unpaired) electrons. The summed E-state index contributed by atoms with van der Waals surface area (Å²) in [5.41, 5.74) is 3.37. The van der Waals surface area contributed by atoms with Crippen molar-refractivity contribution in [2.24, 2.45) is 0 Å². The van der Waals surface area contributed by atoms with Gasteiger partial charge in [-0.15, -0.1) is 0 Å². The van der Waals surface area contributed by atoms with E-state index in [4.69, 9.17) is 0 Å². The summed E-state index contributed by atoms with van der Waals surface area (Å²) >= 11 is 0. The van der Waals surface area contributed by atoms with E-state index in [9.17, 15) is 9.18 Å². The quantitative estimate of drug-likeness (QED) is 0.705. The molecular formula is C21H23FN4O. The highest BCUT2D eigenvalue weighted by Crippen LogP contribution is 2.30. The molecule has 140 valence electrons. The fraction of sp³-hybridized carbons (Fsp3) is 0.381. The zero-order chi connectivity index (χ0) is 18.8. The normalized spacial score (nSPS) is 15.1. The number of rotatable bonds is 3. The summed E-state index contributed by atoms with van der Waals surface area (Å²) in [6, 6.07) is 8.31. The van der Waals surface area contributed by atoms with Gasteiger partial charge >= 0.3 is 0 Å². The summed E-state index contributed by atoms with van der Waals surface area (Å²) in [5, 5.41) is 5.49. The standard InChI is InChI=1S/C21H23FN4O/c1-15-20-18(16-6-8-17(22)9-7-16)10-11-23-21(20)26(24-15)14-19(27)25-12-4-2-3-5-13-25/h6-11H,2-5,12-14H2,1H3. The van der Waals surface area contributed by atoms with Gasteiger partial charge < -0.3 is 4.90 Å². The Bertz CT molecular complexity index is 956. The van der Waals surface area contributed by atoms with Gasteiger partial charge in [0.1, 0.15) is 12.4 Å². The number of carbonyl (C=O) groups is 1. The molecule has 3 heterocycles. The molecule has 0 aliphatic carbocycles. The number of carbonyl (C=O) groups excluding carboxylic acids is 1. The van der Waals surface area contributed by atoms with E-state index in [0.29, 0.717) is 5.65 Å². The van der Waals surface area contributed by atoms with Gasteiger partial charge in [-0.1, -0.05) is 25.0 Å². The Hall–Kier alpha value is -2.76. The van der Waals surface area contributed by atoms with E-state index >= 15 is 0 Å². The summed E-state index contributed by atoms with van der Waals surface area (Å²) in [7, 11) is 0. The molecule has 1 aromatic carbocycles. The third kappa shape index (κ3) is 3.56. The Morgan fingerprint density at radius 2 is 1.78 bits per heavy atom. The first kappa shape index (κ1) is 17.6. The van der Waals surface area contributed by atoms with E-state index in [2.05, 4.69) is 10.1 Å². The monoisotopic (exact) mass is 366 g/mol. The molecule has 2 aromatic heterocycles. The first-order valence-corrected chi connectivity index (χ1v) is 9.49. The molecule has 1 saturated heterocycles. The number of hydrogen-bond acceptors (Lipinski definition) is 3. The van der Waals surface area contributed by atoms with Crippen molar-refractivity contribution in [3.05, 3.63) is 48.0 Å². The van der Waals surface area contributed by atoms with Crippen molar-refractivity contribution in [1.82, 2.24) is 19.7 Å². The largest absolute Gasteiger partial charge is 0.341 e. The second kappa shape index (κ2) is 7.47.